The van der Waals surface area contributed by atoms with Crippen LogP contribution in [0.4, 0.5) is 0 Å². The van der Waals surface area contributed by atoms with Crippen LogP contribution in [-0.4, -0.2) is 7.05 Å². The second kappa shape index (κ2) is 4.87. The molecule has 1 aromatic heterocycles. The first kappa shape index (κ1) is 10.1. The summed E-state index contributed by atoms with van der Waals surface area (Å²) in [4.78, 5) is 0. The molecule has 0 fully saturated rings. The Labute approximate surface area is 79.6 Å². The van der Waals surface area contributed by atoms with Gasteiger partial charge >= 0.3 is 0 Å². The molecular formula is C11H17NO. The summed E-state index contributed by atoms with van der Waals surface area (Å²) in [5.41, 5.74) is 1.25. The van der Waals surface area contributed by atoms with E-state index in [1.54, 1.807) is 6.26 Å². The van der Waals surface area contributed by atoms with E-state index in [9.17, 15) is 0 Å². The summed E-state index contributed by atoms with van der Waals surface area (Å²) in [7, 11) is 1.96. The lowest BCUT2D eigenvalue weighted by atomic mass is 10.0. The van der Waals surface area contributed by atoms with Crippen molar-refractivity contribution in [3.63, 3.8) is 0 Å². The van der Waals surface area contributed by atoms with Crippen LogP contribution in [0.15, 0.2) is 29.4 Å². The van der Waals surface area contributed by atoms with E-state index in [2.05, 4.69) is 18.8 Å². The minimum absolute atomic E-state index is 0.339. The number of hydrogen-bond acceptors (Lipinski definition) is 2. The summed E-state index contributed by atoms with van der Waals surface area (Å²) in [6.45, 7) is 5.84. The Morgan fingerprint density at radius 1 is 1.69 bits per heavy atom. The van der Waals surface area contributed by atoms with E-state index < -0.39 is 0 Å². The summed E-state index contributed by atoms with van der Waals surface area (Å²) in [6, 6.07) is 2.37. The van der Waals surface area contributed by atoms with Crippen molar-refractivity contribution in [1.29, 1.82) is 0 Å². The van der Waals surface area contributed by atoms with E-state index in [4.69, 9.17) is 4.42 Å². The zero-order valence-electron chi connectivity index (χ0n) is 8.34. The molecule has 0 saturated carbocycles. The van der Waals surface area contributed by atoms with E-state index in [1.165, 1.54) is 5.56 Å². The van der Waals surface area contributed by atoms with Crippen LogP contribution in [0, 0.1) is 0 Å². The lowest BCUT2D eigenvalue weighted by molar-refractivity contribution is 0.497. The molecule has 0 spiro atoms. The second-order valence-electron chi connectivity index (χ2n) is 3.02. The van der Waals surface area contributed by atoms with Crippen LogP contribution in [0.3, 0.4) is 0 Å². The van der Waals surface area contributed by atoms with Crippen molar-refractivity contribution in [2.24, 2.45) is 0 Å². The molecule has 13 heavy (non-hydrogen) atoms. The van der Waals surface area contributed by atoms with Crippen molar-refractivity contribution in [1.82, 2.24) is 5.32 Å². The molecule has 0 aliphatic carbocycles. The molecule has 1 aromatic rings. The van der Waals surface area contributed by atoms with Crippen molar-refractivity contribution in [3.05, 3.63) is 36.3 Å². The average Bonchev–Trinajstić information content (AvgIpc) is 2.61. The van der Waals surface area contributed by atoms with Gasteiger partial charge in [-0.2, -0.15) is 0 Å². The van der Waals surface area contributed by atoms with Crippen LogP contribution in [-0.2, 0) is 6.42 Å². The number of rotatable bonds is 5. The maximum Gasteiger partial charge on any atom is 0.108 e. The van der Waals surface area contributed by atoms with Gasteiger partial charge in [0.05, 0.1) is 6.26 Å². The Hall–Kier alpha value is -1.02. The molecule has 1 N–H and O–H groups in total. The van der Waals surface area contributed by atoms with E-state index in [0.29, 0.717) is 6.04 Å². The SMILES string of the molecule is C=CCC(NC)c1ccoc1CC. The van der Waals surface area contributed by atoms with Gasteiger partial charge in [0.2, 0.25) is 0 Å². The molecule has 0 radical (unpaired) electrons. The standard InChI is InChI=1S/C11H17NO/c1-4-6-10(12-3)9-7-8-13-11(9)5-2/h4,7-8,10,12H,1,5-6H2,2-3H3. The van der Waals surface area contributed by atoms with Gasteiger partial charge in [0.25, 0.3) is 0 Å². The highest BCUT2D eigenvalue weighted by atomic mass is 16.3. The smallest absolute Gasteiger partial charge is 0.108 e. The molecule has 1 atom stereocenters. The lowest BCUT2D eigenvalue weighted by Gasteiger charge is -2.13. The molecule has 0 aliphatic heterocycles. The van der Waals surface area contributed by atoms with E-state index in [0.717, 1.165) is 18.6 Å². The highest BCUT2D eigenvalue weighted by Crippen LogP contribution is 2.22. The Bertz CT molecular complexity index is 265. The molecule has 1 unspecified atom stereocenters. The van der Waals surface area contributed by atoms with Crippen LogP contribution >= 0.6 is 0 Å². The van der Waals surface area contributed by atoms with E-state index >= 15 is 0 Å². The highest BCUT2D eigenvalue weighted by Gasteiger charge is 2.13. The van der Waals surface area contributed by atoms with Crippen LogP contribution in [0.25, 0.3) is 0 Å². The van der Waals surface area contributed by atoms with Crippen LogP contribution in [0.2, 0.25) is 0 Å². The Kier molecular flexibility index (Phi) is 3.77. The van der Waals surface area contributed by atoms with Crippen molar-refractivity contribution < 1.29 is 4.42 Å². The van der Waals surface area contributed by atoms with Crippen molar-refractivity contribution in [3.8, 4) is 0 Å². The predicted octanol–water partition coefficient (Wildman–Crippen LogP) is 2.68. The summed E-state index contributed by atoms with van der Waals surface area (Å²) in [5, 5.41) is 3.25. The first-order valence-corrected chi connectivity index (χ1v) is 4.67. The highest BCUT2D eigenvalue weighted by molar-refractivity contribution is 5.22. The largest absolute Gasteiger partial charge is 0.469 e. The first-order chi connectivity index (χ1) is 6.33. The minimum Gasteiger partial charge on any atom is -0.469 e. The van der Waals surface area contributed by atoms with Gasteiger partial charge in [0.1, 0.15) is 5.76 Å². The molecule has 2 nitrogen and oxygen atoms in total. The lowest BCUT2D eigenvalue weighted by Crippen LogP contribution is -2.16. The quantitative estimate of drug-likeness (QED) is 0.703. The molecule has 0 aliphatic rings. The first-order valence-electron chi connectivity index (χ1n) is 4.67. The second-order valence-corrected chi connectivity index (χ2v) is 3.02. The Morgan fingerprint density at radius 3 is 3.00 bits per heavy atom. The van der Waals surface area contributed by atoms with Crippen LogP contribution < -0.4 is 5.32 Å². The zero-order chi connectivity index (χ0) is 9.68. The molecule has 0 saturated heterocycles. The molecule has 1 rings (SSSR count). The van der Waals surface area contributed by atoms with Crippen molar-refractivity contribution in [2.75, 3.05) is 7.05 Å². The molecular weight excluding hydrogens is 162 g/mol. The fourth-order valence-electron chi connectivity index (χ4n) is 1.52. The topological polar surface area (TPSA) is 25.2 Å². The van der Waals surface area contributed by atoms with Crippen LogP contribution in [0.5, 0.6) is 0 Å². The predicted molar refractivity (Wildman–Crippen MR) is 54.7 cm³/mol. The zero-order valence-corrected chi connectivity index (χ0v) is 8.34. The third-order valence-electron chi connectivity index (χ3n) is 2.23. The third-order valence-corrected chi connectivity index (χ3v) is 2.23. The number of hydrogen-bond donors (Lipinski definition) is 1. The number of aryl methyl sites for hydroxylation is 1. The third kappa shape index (κ3) is 2.22. The van der Waals surface area contributed by atoms with Gasteiger partial charge in [-0.15, -0.1) is 6.58 Å². The van der Waals surface area contributed by atoms with E-state index in [-0.39, 0.29) is 0 Å². The molecule has 2 heteroatoms. The van der Waals surface area contributed by atoms with Gasteiger partial charge in [0.15, 0.2) is 0 Å². The number of furan rings is 1. The fraction of sp³-hybridized carbons (Fsp3) is 0.455. The van der Waals surface area contributed by atoms with Gasteiger partial charge < -0.3 is 9.73 Å². The molecule has 1 heterocycles. The van der Waals surface area contributed by atoms with Crippen LogP contribution in [0.1, 0.15) is 30.7 Å². The summed E-state index contributed by atoms with van der Waals surface area (Å²) < 4.78 is 5.37. The minimum atomic E-state index is 0.339. The fourth-order valence-corrected chi connectivity index (χ4v) is 1.52. The van der Waals surface area contributed by atoms with Gasteiger partial charge in [-0.25, -0.2) is 0 Å². The van der Waals surface area contributed by atoms with Crippen molar-refractivity contribution >= 4 is 0 Å². The van der Waals surface area contributed by atoms with Gasteiger partial charge in [-0.05, 0) is 19.5 Å². The average molecular weight is 179 g/mol. The summed E-state index contributed by atoms with van der Waals surface area (Å²) in [5.74, 6) is 1.07. The normalized spacial score (nSPS) is 12.8. The van der Waals surface area contributed by atoms with Gasteiger partial charge in [-0.3, -0.25) is 0 Å². The molecule has 72 valence electrons. The Balaban J connectivity index is 2.82. The number of nitrogens with one attached hydrogen (secondary N) is 1. The van der Waals surface area contributed by atoms with Gasteiger partial charge in [-0.1, -0.05) is 13.0 Å². The maximum atomic E-state index is 5.37. The molecule has 0 bridgehead atoms. The monoisotopic (exact) mass is 179 g/mol. The summed E-state index contributed by atoms with van der Waals surface area (Å²) in [6.07, 6.45) is 5.55. The Morgan fingerprint density at radius 2 is 2.46 bits per heavy atom. The maximum absolute atomic E-state index is 5.37. The van der Waals surface area contributed by atoms with Gasteiger partial charge in [0, 0.05) is 18.0 Å². The summed E-state index contributed by atoms with van der Waals surface area (Å²) >= 11 is 0. The molecule has 0 aromatic carbocycles. The van der Waals surface area contributed by atoms with Crippen molar-refractivity contribution in [2.45, 2.75) is 25.8 Å². The molecule has 0 amide bonds. The van der Waals surface area contributed by atoms with E-state index in [1.807, 2.05) is 19.2 Å².